The number of aliphatic imine (C=N–C) groups is 1. The molecule has 20 heavy (non-hydrogen) atoms. The molecular weight excluding hydrogens is 271 g/mol. The molecule has 0 spiro atoms. The van der Waals surface area contributed by atoms with Gasteiger partial charge in [0.1, 0.15) is 5.75 Å². The molecule has 0 atom stereocenters. The molecular formula is C13H18F3N3O. The molecule has 1 aromatic rings. The van der Waals surface area contributed by atoms with E-state index >= 15 is 0 Å². The number of para-hydroxylation sites is 1. The fraction of sp³-hybridized carbons (Fsp3) is 0.462. The van der Waals surface area contributed by atoms with Crippen molar-refractivity contribution in [2.45, 2.75) is 32.6 Å². The van der Waals surface area contributed by atoms with Gasteiger partial charge in [-0.2, -0.15) is 13.2 Å². The van der Waals surface area contributed by atoms with Crippen LogP contribution in [0.1, 0.15) is 19.4 Å². The minimum atomic E-state index is -4.37. The molecule has 0 saturated carbocycles. The van der Waals surface area contributed by atoms with Gasteiger partial charge in [-0.15, -0.1) is 0 Å². The van der Waals surface area contributed by atoms with Crippen molar-refractivity contribution >= 4 is 5.96 Å². The second-order valence-corrected chi connectivity index (χ2v) is 4.51. The van der Waals surface area contributed by atoms with Gasteiger partial charge in [-0.05, 0) is 19.9 Å². The first-order valence-corrected chi connectivity index (χ1v) is 6.12. The monoisotopic (exact) mass is 289 g/mol. The van der Waals surface area contributed by atoms with Crippen LogP contribution in [0.15, 0.2) is 29.3 Å². The molecule has 3 N–H and O–H groups in total. The van der Waals surface area contributed by atoms with Crippen molar-refractivity contribution in [1.29, 1.82) is 0 Å². The quantitative estimate of drug-likeness (QED) is 0.646. The van der Waals surface area contributed by atoms with Crippen LogP contribution in [0.4, 0.5) is 13.2 Å². The third kappa shape index (κ3) is 6.31. The first-order chi connectivity index (χ1) is 9.28. The fourth-order valence-corrected chi connectivity index (χ4v) is 1.45. The van der Waals surface area contributed by atoms with Gasteiger partial charge >= 0.3 is 6.18 Å². The van der Waals surface area contributed by atoms with E-state index in [4.69, 9.17) is 10.5 Å². The topological polar surface area (TPSA) is 59.6 Å². The summed E-state index contributed by atoms with van der Waals surface area (Å²) in [6, 6.07) is 6.57. The van der Waals surface area contributed by atoms with Crippen molar-refractivity contribution in [1.82, 2.24) is 5.32 Å². The van der Waals surface area contributed by atoms with E-state index in [1.54, 1.807) is 18.2 Å². The van der Waals surface area contributed by atoms with Crippen molar-refractivity contribution in [2.24, 2.45) is 10.7 Å². The number of ether oxygens (including phenoxy) is 1. The number of hydrogen-bond acceptors (Lipinski definition) is 2. The second kappa shape index (κ2) is 7.02. The van der Waals surface area contributed by atoms with E-state index in [0.717, 1.165) is 0 Å². The third-order valence-electron chi connectivity index (χ3n) is 2.22. The molecule has 1 aromatic carbocycles. The average Bonchev–Trinajstić information content (AvgIpc) is 2.33. The maximum absolute atomic E-state index is 12.1. The van der Waals surface area contributed by atoms with Crippen molar-refractivity contribution in [3.8, 4) is 5.75 Å². The van der Waals surface area contributed by atoms with Crippen LogP contribution in [0.2, 0.25) is 0 Å². The molecule has 0 radical (unpaired) electrons. The minimum Gasteiger partial charge on any atom is -0.484 e. The summed E-state index contributed by atoms with van der Waals surface area (Å²) < 4.78 is 41.2. The van der Waals surface area contributed by atoms with Gasteiger partial charge in [-0.1, -0.05) is 18.2 Å². The summed E-state index contributed by atoms with van der Waals surface area (Å²) in [6.45, 7) is 2.64. The lowest BCUT2D eigenvalue weighted by molar-refractivity contribution is -0.153. The van der Waals surface area contributed by atoms with Crippen molar-refractivity contribution in [3.63, 3.8) is 0 Å². The molecule has 0 saturated heterocycles. The van der Waals surface area contributed by atoms with Gasteiger partial charge in [-0.25, -0.2) is 4.99 Å². The SMILES string of the molecule is CC(C)NC(N)=NCc1ccccc1OCC(F)(F)F. The summed E-state index contributed by atoms with van der Waals surface area (Å²) in [4.78, 5) is 4.06. The smallest absolute Gasteiger partial charge is 0.422 e. The summed E-state index contributed by atoms with van der Waals surface area (Å²) in [7, 11) is 0. The van der Waals surface area contributed by atoms with E-state index in [9.17, 15) is 13.2 Å². The number of nitrogens with two attached hydrogens (primary N) is 1. The maximum Gasteiger partial charge on any atom is 0.422 e. The Morgan fingerprint density at radius 2 is 2.00 bits per heavy atom. The Bertz CT molecular complexity index is 458. The lowest BCUT2D eigenvalue weighted by Gasteiger charge is -2.13. The van der Waals surface area contributed by atoms with E-state index in [1.165, 1.54) is 6.07 Å². The van der Waals surface area contributed by atoms with E-state index in [2.05, 4.69) is 10.3 Å². The fourth-order valence-electron chi connectivity index (χ4n) is 1.45. The zero-order valence-corrected chi connectivity index (χ0v) is 11.4. The molecule has 0 unspecified atom stereocenters. The highest BCUT2D eigenvalue weighted by Gasteiger charge is 2.28. The number of halogens is 3. The first-order valence-electron chi connectivity index (χ1n) is 6.12. The predicted octanol–water partition coefficient (Wildman–Crippen LogP) is 2.44. The minimum absolute atomic E-state index is 0.135. The molecule has 0 fully saturated rings. The molecule has 0 aliphatic rings. The Labute approximate surface area is 115 Å². The molecule has 0 aromatic heterocycles. The largest absolute Gasteiger partial charge is 0.484 e. The number of hydrogen-bond donors (Lipinski definition) is 2. The van der Waals surface area contributed by atoms with Gasteiger partial charge in [-0.3, -0.25) is 0 Å². The van der Waals surface area contributed by atoms with Crippen molar-refractivity contribution < 1.29 is 17.9 Å². The highest BCUT2D eigenvalue weighted by molar-refractivity contribution is 5.78. The van der Waals surface area contributed by atoms with Crippen molar-refractivity contribution in [3.05, 3.63) is 29.8 Å². The van der Waals surface area contributed by atoms with E-state index in [-0.39, 0.29) is 24.3 Å². The molecule has 1 rings (SSSR count). The number of nitrogens with one attached hydrogen (secondary N) is 1. The Balaban J connectivity index is 2.70. The zero-order chi connectivity index (χ0) is 15.2. The van der Waals surface area contributed by atoms with Crippen molar-refractivity contribution in [2.75, 3.05) is 6.61 Å². The average molecular weight is 289 g/mol. The standard InChI is InChI=1S/C13H18F3N3O/c1-9(2)19-12(17)18-7-10-5-3-4-6-11(10)20-8-13(14,15)16/h3-6,9H,7-8H2,1-2H3,(H3,17,18,19). The van der Waals surface area contributed by atoms with Crippen LogP contribution < -0.4 is 15.8 Å². The lowest BCUT2D eigenvalue weighted by Crippen LogP contribution is -2.36. The second-order valence-electron chi connectivity index (χ2n) is 4.51. The van der Waals surface area contributed by atoms with E-state index in [0.29, 0.717) is 5.56 Å². The zero-order valence-electron chi connectivity index (χ0n) is 11.4. The van der Waals surface area contributed by atoms with Gasteiger partial charge in [0.2, 0.25) is 0 Å². The van der Waals surface area contributed by atoms with Crippen LogP contribution in [0.3, 0.4) is 0 Å². The van der Waals surface area contributed by atoms with Gasteiger partial charge < -0.3 is 15.8 Å². The molecule has 0 heterocycles. The Kier molecular flexibility index (Phi) is 5.66. The summed E-state index contributed by atoms with van der Waals surface area (Å²) in [5.74, 6) is 0.400. The Morgan fingerprint density at radius 1 is 1.35 bits per heavy atom. The maximum atomic E-state index is 12.1. The molecule has 0 aliphatic carbocycles. The van der Waals surface area contributed by atoms with E-state index in [1.807, 2.05) is 13.8 Å². The molecule has 0 amide bonds. The van der Waals surface area contributed by atoms with Gasteiger partial charge in [0.05, 0.1) is 6.54 Å². The Morgan fingerprint density at radius 3 is 2.60 bits per heavy atom. The Hall–Kier alpha value is -1.92. The summed E-state index contributed by atoms with van der Waals surface area (Å²) in [5, 5.41) is 2.90. The number of guanidine groups is 1. The molecule has 7 heteroatoms. The molecule has 112 valence electrons. The van der Waals surface area contributed by atoms with E-state index < -0.39 is 12.8 Å². The van der Waals surface area contributed by atoms with Crippen LogP contribution in [0, 0.1) is 0 Å². The van der Waals surface area contributed by atoms with Gasteiger partial charge in [0.25, 0.3) is 0 Å². The van der Waals surface area contributed by atoms with Crippen LogP contribution in [0.5, 0.6) is 5.75 Å². The lowest BCUT2D eigenvalue weighted by atomic mass is 10.2. The molecule has 0 aliphatic heterocycles. The number of benzene rings is 1. The molecule has 0 bridgehead atoms. The van der Waals surface area contributed by atoms with Gasteiger partial charge in [0.15, 0.2) is 12.6 Å². The highest BCUT2D eigenvalue weighted by Crippen LogP contribution is 2.22. The normalized spacial score (nSPS) is 12.6. The first kappa shape index (κ1) is 16.1. The van der Waals surface area contributed by atoms with Crippen LogP contribution in [-0.4, -0.2) is 24.8 Å². The van der Waals surface area contributed by atoms with Crippen LogP contribution in [-0.2, 0) is 6.54 Å². The number of nitrogens with zero attached hydrogens (tertiary/aromatic N) is 1. The summed E-state index contributed by atoms with van der Waals surface area (Å²) in [5.41, 5.74) is 6.18. The third-order valence-corrected chi connectivity index (χ3v) is 2.22. The summed E-state index contributed by atoms with van der Waals surface area (Å²) >= 11 is 0. The number of alkyl halides is 3. The van der Waals surface area contributed by atoms with Crippen LogP contribution in [0.25, 0.3) is 0 Å². The number of rotatable bonds is 5. The van der Waals surface area contributed by atoms with Gasteiger partial charge in [0, 0.05) is 11.6 Å². The van der Waals surface area contributed by atoms with Crippen LogP contribution >= 0.6 is 0 Å². The molecule has 4 nitrogen and oxygen atoms in total. The predicted molar refractivity (Wildman–Crippen MR) is 71.6 cm³/mol. The highest BCUT2D eigenvalue weighted by atomic mass is 19.4. The summed E-state index contributed by atoms with van der Waals surface area (Å²) in [6.07, 6.45) is -4.37.